The molecule has 3 aromatic rings. The average molecular weight is 388 g/mol. The lowest BCUT2D eigenvalue weighted by atomic mass is 10.2. The number of hydrogen-bond acceptors (Lipinski definition) is 4. The van der Waals surface area contributed by atoms with Crippen molar-refractivity contribution >= 4 is 38.5 Å². The van der Waals surface area contributed by atoms with Crippen LogP contribution in [0.4, 0.5) is 5.69 Å². The number of nitrogens with one attached hydrogen (secondary N) is 1. The van der Waals surface area contributed by atoms with E-state index in [1.54, 1.807) is 42.5 Å². The molecule has 0 aliphatic carbocycles. The Morgan fingerprint density at radius 2 is 2.00 bits per heavy atom. The smallest absolute Gasteiger partial charge is 0.336 e. The Hall–Kier alpha value is -2.60. The molecule has 5 nitrogen and oxygen atoms in total. The molecule has 0 bridgehead atoms. The van der Waals surface area contributed by atoms with E-state index in [9.17, 15) is 9.59 Å². The van der Waals surface area contributed by atoms with Gasteiger partial charge in [0.15, 0.2) is 0 Å². The highest BCUT2D eigenvalue weighted by molar-refractivity contribution is 9.10. The number of carbonyl (C=O) groups excluding carboxylic acids is 1. The average Bonchev–Trinajstić information content (AvgIpc) is 2.57. The maximum Gasteiger partial charge on any atom is 0.336 e. The van der Waals surface area contributed by atoms with Crippen molar-refractivity contribution in [3.8, 4) is 5.75 Å². The summed E-state index contributed by atoms with van der Waals surface area (Å²) >= 11 is 3.39. The third kappa shape index (κ3) is 3.49. The van der Waals surface area contributed by atoms with Crippen molar-refractivity contribution in [2.24, 2.45) is 0 Å². The van der Waals surface area contributed by atoms with E-state index < -0.39 is 5.63 Å². The fraction of sp³-hybridized carbons (Fsp3) is 0.111. The fourth-order valence-corrected chi connectivity index (χ4v) is 2.76. The van der Waals surface area contributed by atoms with Crippen molar-refractivity contribution in [1.29, 1.82) is 0 Å². The van der Waals surface area contributed by atoms with Crippen LogP contribution in [-0.4, -0.2) is 12.5 Å². The molecule has 6 heteroatoms. The molecule has 0 saturated heterocycles. The van der Waals surface area contributed by atoms with Crippen LogP contribution in [0.3, 0.4) is 0 Å². The van der Waals surface area contributed by atoms with Crippen molar-refractivity contribution in [3.63, 3.8) is 0 Å². The zero-order valence-corrected chi connectivity index (χ0v) is 14.4. The van der Waals surface area contributed by atoms with Gasteiger partial charge in [-0.2, -0.15) is 0 Å². The lowest BCUT2D eigenvalue weighted by Gasteiger charge is -2.09. The molecular weight excluding hydrogens is 374 g/mol. The van der Waals surface area contributed by atoms with Gasteiger partial charge >= 0.3 is 5.63 Å². The van der Waals surface area contributed by atoms with Gasteiger partial charge in [-0.3, -0.25) is 4.79 Å². The van der Waals surface area contributed by atoms with Crippen LogP contribution >= 0.6 is 15.9 Å². The molecule has 122 valence electrons. The molecule has 2 aromatic carbocycles. The van der Waals surface area contributed by atoms with E-state index in [0.717, 1.165) is 9.86 Å². The molecule has 0 spiro atoms. The molecule has 24 heavy (non-hydrogen) atoms. The first-order chi connectivity index (χ1) is 11.6. The van der Waals surface area contributed by atoms with Crippen LogP contribution in [0.1, 0.15) is 17.3 Å². The number of carbonyl (C=O) groups is 1. The SMILES string of the molecule is CCOc1ccc(C(=O)Nc2ccc3oc(=O)ccc3c2)cc1Br. The largest absolute Gasteiger partial charge is 0.493 e. The van der Waals surface area contributed by atoms with Crippen LogP contribution in [0, 0.1) is 0 Å². The minimum atomic E-state index is -0.404. The van der Waals surface area contributed by atoms with Gasteiger partial charge in [-0.1, -0.05) is 0 Å². The van der Waals surface area contributed by atoms with E-state index >= 15 is 0 Å². The fourth-order valence-electron chi connectivity index (χ4n) is 2.27. The second-order valence-corrected chi connectivity index (χ2v) is 5.89. The zero-order valence-electron chi connectivity index (χ0n) is 12.8. The molecular formula is C18H14BrNO4. The summed E-state index contributed by atoms with van der Waals surface area (Å²) in [5.74, 6) is 0.449. The van der Waals surface area contributed by atoms with Crippen molar-refractivity contribution in [2.75, 3.05) is 11.9 Å². The van der Waals surface area contributed by atoms with Gasteiger partial charge in [0.05, 0.1) is 11.1 Å². The first-order valence-electron chi connectivity index (χ1n) is 7.34. The van der Waals surface area contributed by atoms with Crippen molar-refractivity contribution in [2.45, 2.75) is 6.92 Å². The van der Waals surface area contributed by atoms with Crippen LogP contribution in [0.5, 0.6) is 5.75 Å². The van der Waals surface area contributed by atoms with Crippen LogP contribution in [0.25, 0.3) is 11.0 Å². The van der Waals surface area contributed by atoms with E-state index in [0.29, 0.717) is 29.2 Å². The topological polar surface area (TPSA) is 68.5 Å². The van der Waals surface area contributed by atoms with Crippen LogP contribution in [0.15, 0.2) is 62.2 Å². The van der Waals surface area contributed by atoms with E-state index in [4.69, 9.17) is 9.15 Å². The van der Waals surface area contributed by atoms with Crippen molar-refractivity contribution in [1.82, 2.24) is 0 Å². The molecule has 0 radical (unpaired) electrons. The molecule has 0 aliphatic heterocycles. The molecule has 0 fully saturated rings. The third-order valence-electron chi connectivity index (χ3n) is 3.37. The van der Waals surface area contributed by atoms with Crippen LogP contribution in [-0.2, 0) is 0 Å². The predicted molar refractivity (Wildman–Crippen MR) is 95.7 cm³/mol. The van der Waals surface area contributed by atoms with E-state index in [1.165, 1.54) is 6.07 Å². The van der Waals surface area contributed by atoms with Crippen LogP contribution in [0.2, 0.25) is 0 Å². The van der Waals surface area contributed by atoms with Gasteiger partial charge in [0.2, 0.25) is 0 Å². The Morgan fingerprint density at radius 1 is 1.17 bits per heavy atom. The highest BCUT2D eigenvalue weighted by Gasteiger charge is 2.10. The summed E-state index contributed by atoms with van der Waals surface area (Å²) in [4.78, 5) is 23.6. The number of benzene rings is 2. The van der Waals surface area contributed by atoms with Gasteiger partial charge in [0.25, 0.3) is 5.91 Å². The van der Waals surface area contributed by atoms with Crippen LogP contribution < -0.4 is 15.7 Å². The Bertz CT molecular complexity index is 965. The van der Waals surface area contributed by atoms with E-state index in [2.05, 4.69) is 21.2 Å². The lowest BCUT2D eigenvalue weighted by Crippen LogP contribution is -2.12. The molecule has 0 aliphatic rings. The molecule has 0 saturated carbocycles. The number of fused-ring (bicyclic) bond motifs is 1. The number of halogens is 1. The summed E-state index contributed by atoms with van der Waals surface area (Å²) in [7, 11) is 0. The zero-order chi connectivity index (χ0) is 17.1. The molecule has 0 atom stereocenters. The Labute approximate surface area is 146 Å². The van der Waals surface area contributed by atoms with Crippen molar-refractivity contribution < 1.29 is 13.9 Å². The molecule has 1 amide bonds. The van der Waals surface area contributed by atoms with Gasteiger partial charge in [0.1, 0.15) is 11.3 Å². The molecule has 1 N–H and O–H groups in total. The number of anilines is 1. The van der Waals surface area contributed by atoms with Gasteiger partial charge < -0.3 is 14.5 Å². The standard InChI is InChI=1S/C18H14BrNO4/c1-2-23-16-6-3-12(10-14(16)19)18(22)20-13-5-7-15-11(9-13)4-8-17(21)24-15/h3-10H,2H2,1H3,(H,20,22). The monoisotopic (exact) mass is 387 g/mol. The van der Waals surface area contributed by atoms with E-state index in [-0.39, 0.29) is 5.91 Å². The maximum atomic E-state index is 12.4. The van der Waals surface area contributed by atoms with Gasteiger partial charge in [-0.05, 0) is 65.3 Å². The van der Waals surface area contributed by atoms with E-state index in [1.807, 2.05) is 6.92 Å². The summed E-state index contributed by atoms with van der Waals surface area (Å²) in [6, 6.07) is 13.2. The van der Waals surface area contributed by atoms with Crippen molar-refractivity contribution in [3.05, 3.63) is 69.0 Å². The second-order valence-electron chi connectivity index (χ2n) is 5.04. The number of rotatable bonds is 4. The Balaban J connectivity index is 1.83. The first kappa shape index (κ1) is 16.3. The highest BCUT2D eigenvalue weighted by atomic mass is 79.9. The Morgan fingerprint density at radius 3 is 2.75 bits per heavy atom. The summed E-state index contributed by atoms with van der Waals surface area (Å²) in [6.45, 7) is 2.45. The Kier molecular flexibility index (Phi) is 4.66. The maximum absolute atomic E-state index is 12.4. The number of ether oxygens (including phenoxy) is 1. The predicted octanol–water partition coefficient (Wildman–Crippen LogP) is 4.21. The second kappa shape index (κ2) is 6.88. The van der Waals surface area contributed by atoms with Gasteiger partial charge in [0, 0.05) is 22.7 Å². The van der Waals surface area contributed by atoms with Gasteiger partial charge in [-0.25, -0.2) is 4.79 Å². The summed E-state index contributed by atoms with van der Waals surface area (Å²) in [6.07, 6.45) is 0. The first-order valence-corrected chi connectivity index (χ1v) is 8.14. The molecule has 3 rings (SSSR count). The molecule has 0 unspecified atom stereocenters. The molecule has 1 aromatic heterocycles. The lowest BCUT2D eigenvalue weighted by molar-refractivity contribution is 0.102. The molecule has 1 heterocycles. The minimum absolute atomic E-state index is 0.240. The minimum Gasteiger partial charge on any atom is -0.493 e. The quantitative estimate of drug-likeness (QED) is 0.680. The third-order valence-corrected chi connectivity index (χ3v) is 3.99. The van der Waals surface area contributed by atoms with Gasteiger partial charge in [-0.15, -0.1) is 0 Å². The normalized spacial score (nSPS) is 10.6. The number of amides is 1. The highest BCUT2D eigenvalue weighted by Crippen LogP contribution is 2.26. The summed E-state index contributed by atoms with van der Waals surface area (Å²) in [5, 5.41) is 3.56. The number of hydrogen-bond donors (Lipinski definition) is 1. The summed E-state index contributed by atoms with van der Waals surface area (Å²) < 4.78 is 11.2. The summed E-state index contributed by atoms with van der Waals surface area (Å²) in [5.41, 5.74) is 1.19.